The van der Waals surface area contributed by atoms with E-state index in [-0.39, 0.29) is 11.8 Å². The number of nitrogens with two attached hydrogens (primary N) is 1. The molecule has 1 heterocycles. The molecule has 1 saturated carbocycles. The number of amides is 2. The van der Waals surface area contributed by atoms with Gasteiger partial charge in [0.25, 0.3) is 0 Å². The van der Waals surface area contributed by atoms with Crippen LogP contribution in [0.1, 0.15) is 36.5 Å². The Morgan fingerprint density at radius 1 is 1.39 bits per heavy atom. The molecule has 1 aliphatic rings. The molecule has 0 unspecified atom stereocenters. The SMILES string of the molecule is CCCn1c(NC(=O)C2CC2)nc2cc(C(N)=O)ccc21.CO. The lowest BCUT2D eigenvalue weighted by Gasteiger charge is -2.08. The van der Waals surface area contributed by atoms with E-state index < -0.39 is 5.91 Å². The van der Waals surface area contributed by atoms with Gasteiger partial charge in [0.1, 0.15) is 0 Å². The summed E-state index contributed by atoms with van der Waals surface area (Å²) in [7, 11) is 1.00. The highest BCUT2D eigenvalue weighted by Gasteiger charge is 2.30. The molecule has 0 radical (unpaired) electrons. The number of hydrogen-bond donors (Lipinski definition) is 3. The van der Waals surface area contributed by atoms with Gasteiger partial charge in [-0.25, -0.2) is 4.98 Å². The lowest BCUT2D eigenvalue weighted by molar-refractivity contribution is -0.117. The lowest BCUT2D eigenvalue weighted by Crippen LogP contribution is -2.17. The Kier molecular flexibility index (Phi) is 5.33. The summed E-state index contributed by atoms with van der Waals surface area (Å²) in [6.07, 6.45) is 2.83. The van der Waals surface area contributed by atoms with Gasteiger partial charge in [-0.3, -0.25) is 14.9 Å². The zero-order chi connectivity index (χ0) is 17.0. The van der Waals surface area contributed by atoms with Crippen molar-refractivity contribution >= 4 is 28.8 Å². The molecular weight excluding hydrogens is 296 g/mol. The van der Waals surface area contributed by atoms with Crippen LogP contribution in [0.15, 0.2) is 18.2 Å². The van der Waals surface area contributed by atoms with Gasteiger partial charge >= 0.3 is 0 Å². The topological polar surface area (TPSA) is 110 Å². The van der Waals surface area contributed by atoms with Crippen LogP contribution in [0.4, 0.5) is 5.95 Å². The molecular formula is C16H22N4O3. The summed E-state index contributed by atoms with van der Waals surface area (Å²) in [6, 6.07) is 5.17. The fourth-order valence-corrected chi connectivity index (χ4v) is 2.39. The highest BCUT2D eigenvalue weighted by molar-refractivity contribution is 5.98. The minimum Gasteiger partial charge on any atom is -0.400 e. The number of fused-ring (bicyclic) bond motifs is 1. The van der Waals surface area contributed by atoms with Crippen molar-refractivity contribution in [2.45, 2.75) is 32.7 Å². The first-order chi connectivity index (χ1) is 11.1. The third-order valence-electron chi connectivity index (χ3n) is 3.66. The number of carbonyl (C=O) groups excluding carboxylic acids is 2. The van der Waals surface area contributed by atoms with Crippen molar-refractivity contribution in [3.63, 3.8) is 0 Å². The van der Waals surface area contributed by atoms with Gasteiger partial charge in [-0.1, -0.05) is 6.92 Å². The summed E-state index contributed by atoms with van der Waals surface area (Å²) in [5, 5.41) is 9.89. The predicted molar refractivity (Wildman–Crippen MR) is 88.0 cm³/mol. The van der Waals surface area contributed by atoms with Crippen LogP contribution in [0.2, 0.25) is 0 Å². The van der Waals surface area contributed by atoms with Crippen molar-refractivity contribution in [1.29, 1.82) is 0 Å². The summed E-state index contributed by atoms with van der Waals surface area (Å²) < 4.78 is 1.97. The van der Waals surface area contributed by atoms with Crippen LogP contribution in [-0.4, -0.2) is 33.6 Å². The van der Waals surface area contributed by atoms with E-state index in [4.69, 9.17) is 10.8 Å². The molecule has 2 aromatic rings. The summed E-state index contributed by atoms with van der Waals surface area (Å²) >= 11 is 0. The van der Waals surface area contributed by atoms with Crippen LogP contribution < -0.4 is 11.1 Å². The molecule has 1 aliphatic carbocycles. The number of hydrogen-bond acceptors (Lipinski definition) is 4. The van der Waals surface area contributed by atoms with E-state index >= 15 is 0 Å². The normalized spacial score (nSPS) is 13.3. The molecule has 0 bridgehead atoms. The molecule has 124 valence electrons. The molecule has 23 heavy (non-hydrogen) atoms. The Morgan fingerprint density at radius 3 is 2.65 bits per heavy atom. The zero-order valence-electron chi connectivity index (χ0n) is 13.4. The molecule has 2 amide bonds. The maximum atomic E-state index is 11.9. The van der Waals surface area contributed by atoms with Crippen molar-refractivity contribution in [1.82, 2.24) is 9.55 Å². The average Bonchev–Trinajstić information content (AvgIpc) is 3.34. The van der Waals surface area contributed by atoms with Crippen LogP contribution in [0.5, 0.6) is 0 Å². The second-order valence-electron chi connectivity index (χ2n) is 5.42. The number of imidazole rings is 1. The molecule has 0 atom stereocenters. The molecule has 4 N–H and O–H groups in total. The maximum absolute atomic E-state index is 11.9. The van der Waals surface area contributed by atoms with Crippen LogP contribution in [0, 0.1) is 5.92 Å². The number of primary amides is 1. The number of aryl methyl sites for hydroxylation is 1. The van der Waals surface area contributed by atoms with Crippen molar-refractivity contribution in [3.05, 3.63) is 23.8 Å². The molecule has 7 heteroatoms. The zero-order valence-corrected chi connectivity index (χ0v) is 13.4. The highest BCUT2D eigenvalue weighted by Crippen LogP contribution is 2.30. The second kappa shape index (κ2) is 7.23. The summed E-state index contributed by atoms with van der Waals surface area (Å²) in [5.74, 6) is 0.217. The van der Waals surface area contributed by atoms with Crippen LogP contribution in [0.25, 0.3) is 11.0 Å². The molecule has 1 aromatic heterocycles. The second-order valence-corrected chi connectivity index (χ2v) is 5.42. The molecule has 3 rings (SSSR count). The third kappa shape index (κ3) is 3.68. The van der Waals surface area contributed by atoms with Crippen molar-refractivity contribution < 1.29 is 14.7 Å². The number of aromatic nitrogens is 2. The number of nitrogens with zero attached hydrogens (tertiary/aromatic N) is 2. The first kappa shape index (κ1) is 17.0. The monoisotopic (exact) mass is 318 g/mol. The molecule has 1 aromatic carbocycles. The fourth-order valence-electron chi connectivity index (χ4n) is 2.39. The summed E-state index contributed by atoms with van der Waals surface area (Å²) in [6.45, 7) is 2.82. The van der Waals surface area contributed by atoms with E-state index in [0.717, 1.165) is 38.4 Å². The number of aliphatic hydroxyl groups excluding tert-OH is 1. The Balaban J connectivity index is 0.000000924. The first-order valence-corrected chi connectivity index (χ1v) is 7.66. The van der Waals surface area contributed by atoms with E-state index in [1.54, 1.807) is 12.1 Å². The van der Waals surface area contributed by atoms with Gasteiger partial charge in [0.05, 0.1) is 11.0 Å². The molecule has 1 fully saturated rings. The molecule has 7 nitrogen and oxygen atoms in total. The number of rotatable bonds is 5. The average molecular weight is 318 g/mol. The van der Waals surface area contributed by atoms with Gasteiger partial charge in [0, 0.05) is 25.1 Å². The van der Waals surface area contributed by atoms with E-state index in [0.29, 0.717) is 17.0 Å². The number of anilines is 1. The smallest absolute Gasteiger partial charge is 0.248 e. The summed E-state index contributed by atoms with van der Waals surface area (Å²) in [4.78, 5) is 27.6. The fraction of sp³-hybridized carbons (Fsp3) is 0.438. The van der Waals surface area contributed by atoms with Gasteiger partial charge in [0.15, 0.2) is 0 Å². The largest absolute Gasteiger partial charge is 0.400 e. The van der Waals surface area contributed by atoms with Crippen LogP contribution in [-0.2, 0) is 11.3 Å². The number of nitrogens with one attached hydrogen (secondary N) is 1. The van der Waals surface area contributed by atoms with Crippen molar-refractivity contribution in [3.8, 4) is 0 Å². The van der Waals surface area contributed by atoms with Crippen LogP contribution >= 0.6 is 0 Å². The first-order valence-electron chi connectivity index (χ1n) is 7.66. The van der Waals surface area contributed by atoms with E-state index in [9.17, 15) is 9.59 Å². The maximum Gasteiger partial charge on any atom is 0.248 e. The van der Waals surface area contributed by atoms with Crippen molar-refractivity contribution in [2.24, 2.45) is 11.7 Å². The predicted octanol–water partition coefficient (Wildman–Crippen LogP) is 1.50. The highest BCUT2D eigenvalue weighted by atomic mass is 16.2. The van der Waals surface area contributed by atoms with Gasteiger partial charge in [-0.05, 0) is 37.5 Å². The number of carbonyl (C=O) groups is 2. The Hall–Kier alpha value is -2.41. The Morgan fingerprint density at radius 2 is 2.09 bits per heavy atom. The molecule has 0 spiro atoms. The van der Waals surface area contributed by atoms with Gasteiger partial charge < -0.3 is 15.4 Å². The van der Waals surface area contributed by atoms with Crippen molar-refractivity contribution in [2.75, 3.05) is 12.4 Å². The standard InChI is InChI=1S/C15H18N4O2.CH4O/c1-2-7-19-12-6-5-10(13(16)20)8-11(12)17-15(19)18-14(21)9-3-4-9;1-2/h5-6,8-9H,2-4,7H2,1H3,(H2,16,20)(H,17,18,21);2H,1H3. The minimum atomic E-state index is -0.481. The number of benzene rings is 1. The van der Waals surface area contributed by atoms with E-state index in [2.05, 4.69) is 17.2 Å². The molecule has 0 aliphatic heterocycles. The van der Waals surface area contributed by atoms with Gasteiger partial charge in [-0.15, -0.1) is 0 Å². The Bertz CT molecular complexity index is 719. The van der Waals surface area contributed by atoms with E-state index in [1.807, 2.05) is 10.6 Å². The van der Waals surface area contributed by atoms with Crippen LogP contribution in [0.3, 0.4) is 0 Å². The third-order valence-corrected chi connectivity index (χ3v) is 3.66. The quantitative estimate of drug-likeness (QED) is 0.776. The van der Waals surface area contributed by atoms with E-state index in [1.165, 1.54) is 0 Å². The van der Waals surface area contributed by atoms with Gasteiger partial charge in [-0.2, -0.15) is 0 Å². The number of aliphatic hydroxyl groups is 1. The summed E-state index contributed by atoms with van der Waals surface area (Å²) in [5.41, 5.74) is 7.28. The minimum absolute atomic E-state index is 0.0257. The molecule has 0 saturated heterocycles. The van der Waals surface area contributed by atoms with Gasteiger partial charge in [0.2, 0.25) is 17.8 Å². The lowest BCUT2D eigenvalue weighted by atomic mass is 10.2. The Labute approximate surface area is 134 Å².